The van der Waals surface area contributed by atoms with Crippen LogP contribution in [0.3, 0.4) is 0 Å². The van der Waals surface area contributed by atoms with Gasteiger partial charge in [0.2, 0.25) is 0 Å². The number of aromatic nitrogens is 2. The van der Waals surface area contributed by atoms with Crippen LogP contribution in [0.15, 0.2) is 24.4 Å². The van der Waals surface area contributed by atoms with E-state index in [0.29, 0.717) is 19.7 Å². The van der Waals surface area contributed by atoms with Gasteiger partial charge in [-0.3, -0.25) is 4.79 Å². The maximum atomic E-state index is 12.9. The second-order valence-electron chi connectivity index (χ2n) is 6.80. The molecule has 1 aliphatic heterocycles. The lowest BCUT2D eigenvalue weighted by Gasteiger charge is -2.32. The number of carbonyl (C=O) groups is 1. The molecule has 24 heavy (non-hydrogen) atoms. The molecule has 1 fully saturated rings. The van der Waals surface area contributed by atoms with E-state index in [1.807, 2.05) is 35.7 Å². The second kappa shape index (κ2) is 6.06. The summed E-state index contributed by atoms with van der Waals surface area (Å²) in [6.45, 7) is 3.71. The summed E-state index contributed by atoms with van der Waals surface area (Å²) >= 11 is 0. The average Bonchev–Trinajstić information content (AvgIpc) is 3.19. The molecule has 0 spiro atoms. The molecule has 1 unspecified atom stereocenters. The van der Waals surface area contributed by atoms with Crippen LogP contribution in [0.4, 0.5) is 0 Å². The van der Waals surface area contributed by atoms with Crippen molar-refractivity contribution in [3.8, 4) is 0 Å². The third-order valence-corrected chi connectivity index (χ3v) is 5.02. The SMILES string of the molecule is Cc1cn(C)c(C2CN(C(=O)c3ccc4c(c3)CCC4)CCO2)n1. The highest BCUT2D eigenvalue weighted by atomic mass is 16.5. The summed E-state index contributed by atoms with van der Waals surface area (Å²) in [6, 6.07) is 6.18. The minimum atomic E-state index is -0.157. The highest BCUT2D eigenvalue weighted by Crippen LogP contribution is 2.26. The number of imidazole rings is 1. The van der Waals surface area contributed by atoms with Crippen LogP contribution in [0.25, 0.3) is 0 Å². The Balaban J connectivity index is 1.53. The zero-order valence-corrected chi connectivity index (χ0v) is 14.3. The number of hydrogen-bond donors (Lipinski definition) is 0. The molecule has 1 aromatic heterocycles. The van der Waals surface area contributed by atoms with Crippen LogP contribution in [0.2, 0.25) is 0 Å². The van der Waals surface area contributed by atoms with Crippen LogP contribution in [-0.2, 0) is 24.6 Å². The van der Waals surface area contributed by atoms with E-state index in [4.69, 9.17) is 4.74 Å². The van der Waals surface area contributed by atoms with Crippen LogP contribution in [-0.4, -0.2) is 40.1 Å². The van der Waals surface area contributed by atoms with Crippen molar-refractivity contribution in [2.45, 2.75) is 32.3 Å². The van der Waals surface area contributed by atoms with Gasteiger partial charge in [-0.15, -0.1) is 0 Å². The first kappa shape index (κ1) is 15.4. The Bertz CT molecular complexity index is 781. The summed E-state index contributed by atoms with van der Waals surface area (Å²) in [4.78, 5) is 19.4. The molecule has 0 saturated carbocycles. The van der Waals surface area contributed by atoms with Crippen molar-refractivity contribution >= 4 is 5.91 Å². The van der Waals surface area contributed by atoms with Crippen molar-refractivity contribution in [1.82, 2.24) is 14.5 Å². The molecule has 2 aromatic rings. The summed E-state index contributed by atoms with van der Waals surface area (Å²) in [5, 5.41) is 0. The number of morpholine rings is 1. The van der Waals surface area contributed by atoms with E-state index in [9.17, 15) is 4.79 Å². The van der Waals surface area contributed by atoms with Gasteiger partial charge in [0.05, 0.1) is 18.8 Å². The molecule has 1 atom stereocenters. The lowest BCUT2D eigenvalue weighted by Crippen LogP contribution is -2.42. The highest BCUT2D eigenvalue weighted by molar-refractivity contribution is 5.94. The quantitative estimate of drug-likeness (QED) is 0.852. The van der Waals surface area contributed by atoms with Gasteiger partial charge < -0.3 is 14.2 Å². The van der Waals surface area contributed by atoms with Crippen LogP contribution >= 0.6 is 0 Å². The van der Waals surface area contributed by atoms with Crippen molar-refractivity contribution in [2.75, 3.05) is 19.7 Å². The Morgan fingerprint density at radius 3 is 2.92 bits per heavy atom. The summed E-state index contributed by atoms with van der Waals surface area (Å²) in [5.74, 6) is 0.989. The second-order valence-corrected chi connectivity index (χ2v) is 6.80. The molecule has 4 rings (SSSR count). The molecule has 126 valence electrons. The fourth-order valence-corrected chi connectivity index (χ4v) is 3.81. The lowest BCUT2D eigenvalue weighted by molar-refractivity contribution is -0.0279. The predicted octanol–water partition coefficient (Wildman–Crippen LogP) is 2.43. The molecule has 0 radical (unpaired) electrons. The molecule has 2 aliphatic rings. The first-order valence-electron chi connectivity index (χ1n) is 8.64. The molecule has 5 nitrogen and oxygen atoms in total. The van der Waals surface area contributed by atoms with Crippen molar-refractivity contribution in [1.29, 1.82) is 0 Å². The van der Waals surface area contributed by atoms with Crippen LogP contribution < -0.4 is 0 Å². The highest BCUT2D eigenvalue weighted by Gasteiger charge is 2.29. The summed E-state index contributed by atoms with van der Waals surface area (Å²) in [5.41, 5.74) is 4.51. The van der Waals surface area contributed by atoms with E-state index in [0.717, 1.165) is 29.9 Å². The van der Waals surface area contributed by atoms with Gasteiger partial charge in [0.1, 0.15) is 11.9 Å². The number of fused-ring (bicyclic) bond motifs is 1. The van der Waals surface area contributed by atoms with E-state index in [1.54, 1.807) is 0 Å². The zero-order valence-electron chi connectivity index (χ0n) is 14.3. The van der Waals surface area contributed by atoms with E-state index in [-0.39, 0.29) is 12.0 Å². The third-order valence-electron chi connectivity index (χ3n) is 5.02. The molecule has 5 heteroatoms. The fourth-order valence-electron chi connectivity index (χ4n) is 3.81. The Kier molecular flexibility index (Phi) is 3.88. The number of aryl methyl sites for hydroxylation is 4. The molecule has 0 bridgehead atoms. The number of rotatable bonds is 2. The number of benzene rings is 1. The van der Waals surface area contributed by atoms with E-state index in [1.165, 1.54) is 17.5 Å². The van der Waals surface area contributed by atoms with Crippen LogP contribution in [0, 0.1) is 6.92 Å². The van der Waals surface area contributed by atoms with Gasteiger partial charge in [0.15, 0.2) is 0 Å². The van der Waals surface area contributed by atoms with Gasteiger partial charge in [-0.2, -0.15) is 0 Å². The number of nitrogens with zero attached hydrogens (tertiary/aromatic N) is 3. The smallest absolute Gasteiger partial charge is 0.254 e. The van der Waals surface area contributed by atoms with Crippen LogP contribution in [0.1, 0.15) is 45.5 Å². The van der Waals surface area contributed by atoms with Gasteiger partial charge in [0, 0.05) is 25.4 Å². The number of amides is 1. The minimum Gasteiger partial charge on any atom is -0.367 e. The topological polar surface area (TPSA) is 47.4 Å². The standard InChI is InChI=1S/C19H23N3O2/c1-13-11-21(2)18(20-13)17-12-22(8-9-24-17)19(23)16-7-6-14-4-3-5-15(14)10-16/h6-7,10-11,17H,3-5,8-9,12H2,1-2H3. The molecule has 1 aliphatic carbocycles. The van der Waals surface area contributed by atoms with Gasteiger partial charge in [-0.05, 0) is 49.4 Å². The van der Waals surface area contributed by atoms with Gasteiger partial charge in [-0.25, -0.2) is 4.98 Å². The maximum absolute atomic E-state index is 12.9. The molecule has 1 amide bonds. The molecule has 1 saturated heterocycles. The molecule has 2 heterocycles. The Labute approximate surface area is 142 Å². The van der Waals surface area contributed by atoms with Crippen LogP contribution in [0.5, 0.6) is 0 Å². The zero-order chi connectivity index (χ0) is 16.7. The first-order valence-corrected chi connectivity index (χ1v) is 8.64. The summed E-state index contributed by atoms with van der Waals surface area (Å²) in [6.07, 6.45) is 5.26. The normalized spacial score (nSPS) is 20.2. The van der Waals surface area contributed by atoms with Gasteiger partial charge in [0.25, 0.3) is 5.91 Å². The van der Waals surface area contributed by atoms with Crippen molar-refractivity contribution in [3.05, 3.63) is 52.6 Å². The van der Waals surface area contributed by atoms with E-state index < -0.39 is 0 Å². The average molecular weight is 325 g/mol. The lowest BCUT2D eigenvalue weighted by atomic mass is 10.1. The van der Waals surface area contributed by atoms with Crippen molar-refractivity contribution in [2.24, 2.45) is 7.05 Å². The predicted molar refractivity (Wildman–Crippen MR) is 91.0 cm³/mol. The number of hydrogen-bond acceptors (Lipinski definition) is 3. The maximum Gasteiger partial charge on any atom is 0.254 e. The van der Waals surface area contributed by atoms with E-state index in [2.05, 4.69) is 17.1 Å². The largest absolute Gasteiger partial charge is 0.367 e. The van der Waals surface area contributed by atoms with Gasteiger partial charge in [-0.1, -0.05) is 6.07 Å². The van der Waals surface area contributed by atoms with Crippen molar-refractivity contribution in [3.63, 3.8) is 0 Å². The first-order chi connectivity index (χ1) is 11.6. The Morgan fingerprint density at radius 1 is 1.29 bits per heavy atom. The molecular weight excluding hydrogens is 302 g/mol. The van der Waals surface area contributed by atoms with Crippen molar-refractivity contribution < 1.29 is 9.53 Å². The van der Waals surface area contributed by atoms with Gasteiger partial charge >= 0.3 is 0 Å². The fraction of sp³-hybridized carbons (Fsp3) is 0.474. The third kappa shape index (κ3) is 2.73. The molecular formula is C19H23N3O2. The summed E-state index contributed by atoms with van der Waals surface area (Å²) in [7, 11) is 1.97. The summed E-state index contributed by atoms with van der Waals surface area (Å²) < 4.78 is 7.86. The monoisotopic (exact) mass is 325 g/mol. The molecule has 0 N–H and O–H groups in total. The van der Waals surface area contributed by atoms with E-state index >= 15 is 0 Å². The molecule has 1 aromatic carbocycles. The minimum absolute atomic E-state index is 0.101. The number of ether oxygens (including phenoxy) is 1. The Hall–Kier alpha value is -2.14. The Morgan fingerprint density at radius 2 is 2.12 bits per heavy atom. The number of carbonyl (C=O) groups excluding carboxylic acids is 1.